The summed E-state index contributed by atoms with van der Waals surface area (Å²) in [5.74, 6) is 0.779. The average molecular weight is 291 g/mol. The highest BCUT2D eigenvalue weighted by molar-refractivity contribution is 6.33. The molecule has 0 fully saturated rings. The van der Waals surface area contributed by atoms with Gasteiger partial charge in [-0.3, -0.25) is 4.79 Å². The number of aromatic nitrogens is 3. The van der Waals surface area contributed by atoms with Gasteiger partial charge in [0.15, 0.2) is 5.69 Å². The summed E-state index contributed by atoms with van der Waals surface area (Å²) in [6, 6.07) is 3.63. The lowest BCUT2D eigenvalue weighted by Gasteiger charge is -2.08. The first-order valence-corrected chi connectivity index (χ1v) is 6.61. The minimum atomic E-state index is -0.391. The highest BCUT2D eigenvalue weighted by Crippen LogP contribution is 2.17. The van der Waals surface area contributed by atoms with Crippen molar-refractivity contribution in [3.63, 3.8) is 0 Å². The number of carbonyl (C=O) groups excluding carboxylic acids is 1. The highest BCUT2D eigenvalue weighted by Gasteiger charge is 2.16. The Labute approximate surface area is 122 Å². The van der Waals surface area contributed by atoms with Gasteiger partial charge in [-0.05, 0) is 24.6 Å². The van der Waals surface area contributed by atoms with Crippen molar-refractivity contribution in [3.8, 4) is 0 Å². The molecule has 2 heterocycles. The van der Waals surface area contributed by atoms with E-state index in [1.54, 1.807) is 12.3 Å². The van der Waals surface area contributed by atoms with Gasteiger partial charge < -0.3 is 5.32 Å². The number of pyridine rings is 1. The van der Waals surface area contributed by atoms with Crippen molar-refractivity contribution in [2.45, 2.75) is 26.7 Å². The molecule has 0 aliphatic heterocycles. The van der Waals surface area contributed by atoms with Crippen molar-refractivity contribution in [2.75, 3.05) is 5.32 Å². The number of anilines is 1. The summed E-state index contributed by atoms with van der Waals surface area (Å²) < 4.78 is 0. The Morgan fingerprint density at radius 2 is 2.10 bits per heavy atom. The third-order valence-electron chi connectivity index (χ3n) is 2.65. The fraction of sp³-hybridized carbons (Fsp3) is 0.286. The van der Waals surface area contributed by atoms with Crippen LogP contribution in [0.3, 0.4) is 0 Å². The minimum absolute atomic E-state index is 0.121. The van der Waals surface area contributed by atoms with Crippen molar-refractivity contribution >= 4 is 23.3 Å². The second-order valence-corrected chi connectivity index (χ2v) is 5.16. The fourth-order valence-corrected chi connectivity index (χ4v) is 1.78. The van der Waals surface area contributed by atoms with Gasteiger partial charge in [0.2, 0.25) is 0 Å². The smallest absolute Gasteiger partial charge is 0.277 e. The number of nitrogens with zero attached hydrogens (tertiary/aromatic N) is 3. The monoisotopic (exact) mass is 290 g/mol. The molecule has 0 aliphatic carbocycles. The molecule has 6 heteroatoms. The number of aryl methyl sites for hydroxylation is 1. The van der Waals surface area contributed by atoms with Crippen molar-refractivity contribution in [1.82, 2.24) is 15.0 Å². The van der Waals surface area contributed by atoms with Crippen molar-refractivity contribution in [1.29, 1.82) is 0 Å². The van der Waals surface area contributed by atoms with Gasteiger partial charge in [-0.15, -0.1) is 0 Å². The lowest BCUT2D eigenvalue weighted by molar-refractivity contribution is 0.102. The van der Waals surface area contributed by atoms with Gasteiger partial charge in [0.1, 0.15) is 11.6 Å². The SMILES string of the molecule is Cc1ccnc(NC(=O)c2nc(C(C)C)ncc2Cl)c1. The molecule has 0 unspecified atom stereocenters. The van der Waals surface area contributed by atoms with E-state index in [-0.39, 0.29) is 16.6 Å². The number of hydrogen-bond acceptors (Lipinski definition) is 4. The Morgan fingerprint density at radius 1 is 1.35 bits per heavy atom. The van der Waals surface area contributed by atoms with Crippen LogP contribution in [0.2, 0.25) is 5.02 Å². The van der Waals surface area contributed by atoms with E-state index in [9.17, 15) is 4.79 Å². The molecular formula is C14H15ClN4O. The molecule has 0 atom stereocenters. The second kappa shape index (κ2) is 5.96. The number of halogens is 1. The molecule has 0 radical (unpaired) electrons. The Kier molecular flexibility index (Phi) is 4.29. The second-order valence-electron chi connectivity index (χ2n) is 4.75. The standard InChI is InChI=1S/C14H15ClN4O/c1-8(2)13-17-7-10(15)12(19-13)14(20)18-11-6-9(3)4-5-16-11/h4-8H,1-3H3,(H,16,18,20). The summed E-state index contributed by atoms with van der Waals surface area (Å²) in [4.78, 5) is 24.6. The van der Waals surface area contributed by atoms with Crippen molar-refractivity contribution in [3.05, 3.63) is 46.6 Å². The van der Waals surface area contributed by atoms with Crippen molar-refractivity contribution in [2.24, 2.45) is 0 Å². The molecular weight excluding hydrogens is 276 g/mol. The zero-order valence-corrected chi connectivity index (χ0v) is 12.3. The average Bonchev–Trinajstić information content (AvgIpc) is 2.38. The lowest BCUT2D eigenvalue weighted by atomic mass is 10.2. The van der Waals surface area contributed by atoms with Crippen LogP contribution < -0.4 is 5.32 Å². The van der Waals surface area contributed by atoms with Crippen LogP contribution in [0, 0.1) is 6.92 Å². The summed E-state index contributed by atoms with van der Waals surface area (Å²) >= 11 is 5.99. The van der Waals surface area contributed by atoms with Gasteiger partial charge in [-0.1, -0.05) is 25.4 Å². The van der Waals surface area contributed by atoms with Gasteiger partial charge in [0.25, 0.3) is 5.91 Å². The van der Waals surface area contributed by atoms with Crippen LogP contribution in [-0.2, 0) is 0 Å². The van der Waals surface area contributed by atoms with Crippen molar-refractivity contribution < 1.29 is 4.79 Å². The molecule has 1 N–H and O–H groups in total. The van der Waals surface area contributed by atoms with Crippen LogP contribution in [0.4, 0.5) is 5.82 Å². The third kappa shape index (κ3) is 3.30. The van der Waals surface area contributed by atoms with E-state index in [1.165, 1.54) is 6.20 Å². The van der Waals surface area contributed by atoms with Gasteiger partial charge in [-0.25, -0.2) is 15.0 Å². The predicted molar refractivity (Wildman–Crippen MR) is 78.1 cm³/mol. The molecule has 0 spiro atoms. The lowest BCUT2D eigenvalue weighted by Crippen LogP contribution is -2.17. The molecule has 0 saturated heterocycles. The normalized spacial score (nSPS) is 10.7. The molecule has 104 valence electrons. The molecule has 2 aromatic rings. The summed E-state index contributed by atoms with van der Waals surface area (Å²) in [5.41, 5.74) is 1.17. The van der Waals surface area contributed by atoms with Crippen LogP contribution in [-0.4, -0.2) is 20.9 Å². The Bertz CT molecular complexity index is 643. The van der Waals surface area contributed by atoms with E-state index < -0.39 is 5.91 Å². The topological polar surface area (TPSA) is 67.8 Å². The maximum absolute atomic E-state index is 12.2. The Balaban J connectivity index is 2.27. The van der Waals surface area contributed by atoms with E-state index in [4.69, 9.17) is 11.6 Å². The first-order chi connectivity index (χ1) is 9.47. The highest BCUT2D eigenvalue weighted by atomic mass is 35.5. The summed E-state index contributed by atoms with van der Waals surface area (Å²) in [5, 5.41) is 2.90. The van der Waals surface area contributed by atoms with Gasteiger partial charge in [-0.2, -0.15) is 0 Å². The number of hydrogen-bond donors (Lipinski definition) is 1. The molecule has 0 saturated carbocycles. The quantitative estimate of drug-likeness (QED) is 0.942. The Hall–Kier alpha value is -2.01. The van der Waals surface area contributed by atoms with E-state index in [0.29, 0.717) is 11.6 Å². The van der Waals surface area contributed by atoms with E-state index in [2.05, 4.69) is 20.3 Å². The Morgan fingerprint density at radius 3 is 2.75 bits per heavy atom. The van der Waals surface area contributed by atoms with E-state index in [1.807, 2.05) is 26.8 Å². The molecule has 2 aromatic heterocycles. The number of amides is 1. The van der Waals surface area contributed by atoms with Gasteiger partial charge >= 0.3 is 0 Å². The first kappa shape index (κ1) is 14.4. The third-order valence-corrected chi connectivity index (χ3v) is 2.93. The molecule has 1 amide bonds. The van der Waals surface area contributed by atoms with E-state index >= 15 is 0 Å². The fourth-order valence-electron chi connectivity index (χ4n) is 1.60. The van der Waals surface area contributed by atoms with Crippen LogP contribution in [0.15, 0.2) is 24.5 Å². The van der Waals surface area contributed by atoms with E-state index in [0.717, 1.165) is 5.56 Å². The molecule has 0 aromatic carbocycles. The van der Waals surface area contributed by atoms with Gasteiger partial charge in [0.05, 0.1) is 11.2 Å². The molecule has 5 nitrogen and oxygen atoms in total. The van der Waals surface area contributed by atoms with Crippen LogP contribution in [0.5, 0.6) is 0 Å². The summed E-state index contributed by atoms with van der Waals surface area (Å²) in [6.07, 6.45) is 3.08. The molecule has 20 heavy (non-hydrogen) atoms. The molecule has 2 rings (SSSR count). The summed E-state index contributed by atoms with van der Waals surface area (Å²) in [6.45, 7) is 5.83. The van der Waals surface area contributed by atoms with Crippen LogP contribution in [0.25, 0.3) is 0 Å². The minimum Gasteiger partial charge on any atom is -0.305 e. The first-order valence-electron chi connectivity index (χ1n) is 6.24. The maximum atomic E-state index is 12.2. The summed E-state index contributed by atoms with van der Waals surface area (Å²) in [7, 11) is 0. The number of rotatable bonds is 3. The number of nitrogens with one attached hydrogen (secondary N) is 1. The predicted octanol–water partition coefficient (Wildman–Crippen LogP) is 3.21. The molecule has 0 bridgehead atoms. The van der Waals surface area contributed by atoms with Gasteiger partial charge in [0, 0.05) is 12.1 Å². The largest absolute Gasteiger partial charge is 0.305 e. The zero-order chi connectivity index (χ0) is 14.7. The van der Waals surface area contributed by atoms with Crippen LogP contribution in [0.1, 0.15) is 41.6 Å². The zero-order valence-electron chi connectivity index (χ0n) is 11.5. The number of carbonyl (C=O) groups is 1. The maximum Gasteiger partial charge on any atom is 0.277 e. The molecule has 0 aliphatic rings. The van der Waals surface area contributed by atoms with Crippen LogP contribution >= 0.6 is 11.6 Å².